The number of anilines is 1. The van der Waals surface area contributed by atoms with Gasteiger partial charge >= 0.3 is 0 Å². The second-order valence-electron chi connectivity index (χ2n) is 5.72. The molecule has 2 fully saturated rings. The summed E-state index contributed by atoms with van der Waals surface area (Å²) in [5.74, 6) is 2.38. The van der Waals surface area contributed by atoms with Crippen molar-refractivity contribution < 1.29 is 0 Å². The van der Waals surface area contributed by atoms with E-state index >= 15 is 0 Å². The van der Waals surface area contributed by atoms with E-state index in [4.69, 9.17) is 4.98 Å². The summed E-state index contributed by atoms with van der Waals surface area (Å²) < 4.78 is 2.22. The molecule has 2 heterocycles. The van der Waals surface area contributed by atoms with E-state index in [2.05, 4.69) is 32.8 Å². The summed E-state index contributed by atoms with van der Waals surface area (Å²) in [7, 11) is 0. The lowest BCUT2D eigenvalue weighted by Crippen LogP contribution is -2.05. The third-order valence-electron chi connectivity index (χ3n) is 3.93. The predicted molar refractivity (Wildman–Crippen MR) is 77.7 cm³/mol. The van der Waals surface area contributed by atoms with Gasteiger partial charge in [0.2, 0.25) is 0 Å². The Kier molecular flexibility index (Phi) is 2.72. The Bertz CT molecular complexity index is 625. The average molecular weight is 269 g/mol. The highest BCUT2D eigenvalue weighted by Gasteiger charge is 2.29. The van der Waals surface area contributed by atoms with Crippen LogP contribution in [0.4, 0.5) is 5.82 Å². The minimum absolute atomic E-state index is 0.600. The summed E-state index contributed by atoms with van der Waals surface area (Å²) in [5.41, 5.74) is 2.23. The van der Waals surface area contributed by atoms with Crippen LogP contribution in [0.1, 0.15) is 50.3 Å². The van der Waals surface area contributed by atoms with Gasteiger partial charge in [0.05, 0.1) is 12.5 Å². The summed E-state index contributed by atoms with van der Waals surface area (Å²) in [6, 6.07) is 2.70. The van der Waals surface area contributed by atoms with Crippen LogP contribution in [-0.2, 0) is 0 Å². The molecule has 0 radical (unpaired) electrons. The van der Waals surface area contributed by atoms with Gasteiger partial charge in [-0.15, -0.1) is 0 Å². The van der Waals surface area contributed by atoms with Crippen LogP contribution in [-0.4, -0.2) is 26.1 Å². The van der Waals surface area contributed by atoms with Gasteiger partial charge in [-0.1, -0.05) is 0 Å². The fourth-order valence-electron chi connectivity index (χ4n) is 2.56. The van der Waals surface area contributed by atoms with Crippen molar-refractivity contribution in [3.05, 3.63) is 24.3 Å². The number of aromatic nitrogens is 4. The van der Waals surface area contributed by atoms with Crippen LogP contribution in [0, 0.1) is 0 Å². The van der Waals surface area contributed by atoms with Crippen molar-refractivity contribution in [2.24, 2.45) is 0 Å². The van der Waals surface area contributed by atoms with Gasteiger partial charge in [-0.05, 0) is 32.6 Å². The van der Waals surface area contributed by atoms with Crippen LogP contribution in [0.15, 0.2) is 18.6 Å². The maximum absolute atomic E-state index is 4.78. The van der Waals surface area contributed by atoms with Gasteiger partial charge < -0.3 is 9.88 Å². The lowest BCUT2D eigenvalue weighted by molar-refractivity contribution is 0.742. The molecule has 0 unspecified atom stereocenters. The first-order chi connectivity index (χ1) is 9.85. The minimum atomic E-state index is 0.600. The number of nitrogens with zero attached hydrogens (tertiary/aromatic N) is 4. The van der Waals surface area contributed by atoms with Crippen LogP contribution in [0.25, 0.3) is 11.5 Å². The quantitative estimate of drug-likeness (QED) is 0.906. The maximum atomic E-state index is 4.78. The molecule has 4 rings (SSSR count). The van der Waals surface area contributed by atoms with Crippen LogP contribution in [0.2, 0.25) is 0 Å². The number of rotatable bonds is 5. The van der Waals surface area contributed by atoms with Crippen molar-refractivity contribution in [3.63, 3.8) is 0 Å². The lowest BCUT2D eigenvalue weighted by Gasteiger charge is -2.10. The largest absolute Gasteiger partial charge is 0.370 e. The molecule has 0 amide bonds. The molecule has 0 saturated heterocycles. The van der Waals surface area contributed by atoms with Gasteiger partial charge in [-0.2, -0.15) is 0 Å². The minimum Gasteiger partial charge on any atom is -0.370 e. The predicted octanol–water partition coefficient (Wildman–Crippen LogP) is 2.98. The lowest BCUT2D eigenvalue weighted by atomic mass is 10.2. The normalized spacial score (nSPS) is 18.2. The van der Waals surface area contributed by atoms with E-state index in [1.165, 1.54) is 31.4 Å². The molecule has 0 bridgehead atoms. The van der Waals surface area contributed by atoms with Gasteiger partial charge in [0.25, 0.3) is 0 Å². The Balaban J connectivity index is 1.77. The fraction of sp³-hybridized carbons (Fsp3) is 0.533. The van der Waals surface area contributed by atoms with E-state index in [0.29, 0.717) is 12.0 Å². The SMILES string of the molecule is CCNc1cc(C2CC2)nc(-c2cncn2C2CC2)n1. The van der Waals surface area contributed by atoms with Crippen LogP contribution in [0.5, 0.6) is 0 Å². The Morgan fingerprint density at radius 3 is 2.80 bits per heavy atom. The summed E-state index contributed by atoms with van der Waals surface area (Å²) >= 11 is 0. The highest BCUT2D eigenvalue weighted by atomic mass is 15.1. The maximum Gasteiger partial charge on any atom is 0.180 e. The van der Waals surface area contributed by atoms with Gasteiger partial charge in [0.1, 0.15) is 11.5 Å². The molecule has 0 spiro atoms. The highest BCUT2D eigenvalue weighted by molar-refractivity contribution is 5.54. The zero-order valence-corrected chi connectivity index (χ0v) is 11.7. The third kappa shape index (κ3) is 2.17. The van der Waals surface area contributed by atoms with E-state index in [-0.39, 0.29) is 0 Å². The average Bonchev–Trinajstić information content (AvgIpc) is 3.37. The zero-order valence-electron chi connectivity index (χ0n) is 11.7. The molecular formula is C15H19N5. The van der Waals surface area contributed by atoms with Crippen molar-refractivity contribution >= 4 is 5.82 Å². The van der Waals surface area contributed by atoms with Crippen molar-refractivity contribution in [1.29, 1.82) is 0 Å². The molecule has 2 saturated carbocycles. The van der Waals surface area contributed by atoms with Crippen LogP contribution in [0.3, 0.4) is 0 Å². The summed E-state index contributed by atoms with van der Waals surface area (Å²) in [6.45, 7) is 2.97. The van der Waals surface area contributed by atoms with Gasteiger partial charge in [-0.3, -0.25) is 0 Å². The Hall–Kier alpha value is -1.91. The molecule has 0 aliphatic heterocycles. The second kappa shape index (κ2) is 4.58. The van der Waals surface area contributed by atoms with E-state index < -0.39 is 0 Å². The van der Waals surface area contributed by atoms with Gasteiger partial charge in [0, 0.05) is 30.3 Å². The number of nitrogens with one attached hydrogen (secondary N) is 1. The molecule has 104 valence electrons. The first-order valence-corrected chi connectivity index (χ1v) is 7.50. The van der Waals surface area contributed by atoms with Crippen LogP contribution >= 0.6 is 0 Å². The summed E-state index contributed by atoms with van der Waals surface area (Å²) in [6.07, 6.45) is 8.79. The highest BCUT2D eigenvalue weighted by Crippen LogP contribution is 2.41. The summed E-state index contributed by atoms with van der Waals surface area (Å²) in [4.78, 5) is 13.7. The van der Waals surface area contributed by atoms with E-state index in [9.17, 15) is 0 Å². The molecule has 20 heavy (non-hydrogen) atoms. The molecule has 5 nitrogen and oxygen atoms in total. The van der Waals surface area contributed by atoms with Crippen molar-refractivity contribution in [2.45, 2.75) is 44.6 Å². The molecule has 1 N–H and O–H groups in total. The molecule has 0 atom stereocenters. The van der Waals surface area contributed by atoms with Gasteiger partial charge in [-0.25, -0.2) is 15.0 Å². The second-order valence-corrected chi connectivity index (χ2v) is 5.72. The molecule has 5 heteroatoms. The zero-order chi connectivity index (χ0) is 13.5. The molecule has 2 aliphatic carbocycles. The van der Waals surface area contributed by atoms with Crippen molar-refractivity contribution in [1.82, 2.24) is 19.5 Å². The molecular weight excluding hydrogens is 250 g/mol. The topological polar surface area (TPSA) is 55.6 Å². The number of hydrogen-bond donors (Lipinski definition) is 1. The Morgan fingerprint density at radius 2 is 2.10 bits per heavy atom. The third-order valence-corrected chi connectivity index (χ3v) is 3.93. The first kappa shape index (κ1) is 11.9. The molecule has 2 aromatic heterocycles. The van der Waals surface area contributed by atoms with Gasteiger partial charge in [0.15, 0.2) is 5.82 Å². The monoisotopic (exact) mass is 269 g/mol. The number of hydrogen-bond acceptors (Lipinski definition) is 4. The van der Waals surface area contributed by atoms with Crippen molar-refractivity contribution in [2.75, 3.05) is 11.9 Å². The first-order valence-electron chi connectivity index (χ1n) is 7.50. The number of imidazole rings is 1. The van der Waals surface area contributed by atoms with E-state index in [1.54, 1.807) is 0 Å². The standard InChI is InChI=1S/C15H19N5/c1-2-17-14-7-12(10-3-4-10)18-15(19-14)13-8-16-9-20(13)11-5-6-11/h7-11H,2-6H2,1H3,(H,17,18,19). The van der Waals surface area contributed by atoms with Crippen molar-refractivity contribution in [3.8, 4) is 11.5 Å². The molecule has 2 aliphatic rings. The smallest absolute Gasteiger partial charge is 0.180 e. The Labute approximate surface area is 118 Å². The van der Waals surface area contributed by atoms with E-state index in [0.717, 1.165) is 23.9 Å². The molecule has 2 aromatic rings. The van der Waals surface area contributed by atoms with E-state index in [1.807, 2.05) is 12.5 Å². The summed E-state index contributed by atoms with van der Waals surface area (Å²) in [5, 5.41) is 3.32. The molecule has 0 aromatic carbocycles. The van der Waals surface area contributed by atoms with Crippen LogP contribution < -0.4 is 5.32 Å². The fourth-order valence-corrected chi connectivity index (χ4v) is 2.56. The Morgan fingerprint density at radius 1 is 1.25 bits per heavy atom.